The van der Waals surface area contributed by atoms with Crippen LogP contribution in [0.15, 0.2) is 24.3 Å². The predicted octanol–water partition coefficient (Wildman–Crippen LogP) is 1.26. The molecule has 0 aromatic heterocycles. The summed E-state index contributed by atoms with van der Waals surface area (Å²) >= 11 is 0. The maximum atomic E-state index is 12.5. The topological polar surface area (TPSA) is 77.8 Å². The highest BCUT2D eigenvalue weighted by Gasteiger charge is 2.64. The van der Waals surface area contributed by atoms with Gasteiger partial charge in [0.1, 0.15) is 0 Å². The van der Waals surface area contributed by atoms with Crippen LogP contribution in [0, 0.1) is 29.1 Å². The molecule has 3 saturated carbocycles. The molecule has 5 aliphatic rings. The van der Waals surface area contributed by atoms with E-state index in [1.807, 2.05) is 0 Å². The van der Waals surface area contributed by atoms with Gasteiger partial charge in [-0.05, 0) is 36.5 Å². The van der Waals surface area contributed by atoms with Crippen LogP contribution < -0.4 is 0 Å². The lowest BCUT2D eigenvalue weighted by atomic mass is 9.43. The number of imide groups is 1. The highest BCUT2D eigenvalue weighted by atomic mass is 16.3. The third-order valence-electron chi connectivity index (χ3n) is 7.13. The number of rotatable bonds is 3. The van der Waals surface area contributed by atoms with Crippen LogP contribution in [0.4, 0.5) is 0 Å². The fourth-order valence-electron chi connectivity index (χ4n) is 5.37. The molecule has 130 valence electrons. The SMILES string of the molecule is CC1(C)C2CC(O)C(O)(CCN3C(=O)C4C=CC=CC4C3=O)C1C2. The van der Waals surface area contributed by atoms with Crippen molar-refractivity contribution in [3.63, 3.8) is 0 Å². The van der Waals surface area contributed by atoms with Crippen molar-refractivity contribution in [3.8, 4) is 0 Å². The first-order valence-corrected chi connectivity index (χ1v) is 8.87. The number of fused-ring (bicyclic) bond motifs is 3. The summed E-state index contributed by atoms with van der Waals surface area (Å²) in [5, 5.41) is 21.6. The van der Waals surface area contributed by atoms with Crippen LogP contribution in [-0.4, -0.2) is 45.2 Å². The minimum atomic E-state index is -1.21. The molecule has 6 atom stereocenters. The predicted molar refractivity (Wildman–Crippen MR) is 87.5 cm³/mol. The lowest BCUT2D eigenvalue weighted by Crippen LogP contribution is -2.68. The van der Waals surface area contributed by atoms with E-state index in [-0.39, 0.29) is 36.1 Å². The summed E-state index contributed by atoms with van der Waals surface area (Å²) in [7, 11) is 0. The minimum Gasteiger partial charge on any atom is -0.390 e. The van der Waals surface area contributed by atoms with E-state index in [9.17, 15) is 19.8 Å². The quantitative estimate of drug-likeness (QED) is 0.763. The molecule has 2 bridgehead atoms. The fourth-order valence-corrected chi connectivity index (χ4v) is 5.37. The molecule has 0 aromatic carbocycles. The monoisotopic (exact) mass is 331 g/mol. The zero-order chi connectivity index (χ0) is 17.3. The molecule has 1 heterocycles. The number of aliphatic hydroxyl groups is 2. The van der Waals surface area contributed by atoms with Gasteiger partial charge in [0.2, 0.25) is 11.8 Å². The standard InChI is InChI=1S/C19H25NO4/c1-18(2)11-9-14(18)19(24,15(21)10-11)7-8-20-16(22)12-5-3-4-6-13(12)17(20)23/h3-6,11-15,21,24H,7-10H2,1-2H3. The highest BCUT2D eigenvalue weighted by molar-refractivity contribution is 6.07. The summed E-state index contributed by atoms with van der Waals surface area (Å²) < 4.78 is 0. The van der Waals surface area contributed by atoms with E-state index >= 15 is 0 Å². The highest BCUT2D eigenvalue weighted by Crippen LogP contribution is 2.63. The van der Waals surface area contributed by atoms with Gasteiger partial charge >= 0.3 is 0 Å². The van der Waals surface area contributed by atoms with Crippen molar-refractivity contribution in [2.45, 2.75) is 44.8 Å². The largest absolute Gasteiger partial charge is 0.390 e. The lowest BCUT2D eigenvalue weighted by Gasteiger charge is -2.65. The van der Waals surface area contributed by atoms with Crippen molar-refractivity contribution in [2.24, 2.45) is 29.1 Å². The third kappa shape index (κ3) is 1.94. The zero-order valence-electron chi connectivity index (χ0n) is 14.2. The molecule has 4 aliphatic carbocycles. The van der Waals surface area contributed by atoms with Crippen molar-refractivity contribution in [3.05, 3.63) is 24.3 Å². The summed E-state index contributed by atoms with van der Waals surface area (Å²) in [6.45, 7) is 4.45. The number of hydrogen-bond donors (Lipinski definition) is 2. The number of hydrogen-bond acceptors (Lipinski definition) is 4. The lowest BCUT2D eigenvalue weighted by molar-refractivity contribution is -0.256. The molecular weight excluding hydrogens is 306 g/mol. The average Bonchev–Trinajstić information content (AvgIpc) is 2.79. The molecule has 2 amide bonds. The molecule has 24 heavy (non-hydrogen) atoms. The zero-order valence-corrected chi connectivity index (χ0v) is 14.2. The van der Waals surface area contributed by atoms with Crippen LogP contribution in [-0.2, 0) is 9.59 Å². The number of carbonyl (C=O) groups is 2. The van der Waals surface area contributed by atoms with E-state index in [1.54, 1.807) is 24.3 Å². The van der Waals surface area contributed by atoms with E-state index in [4.69, 9.17) is 0 Å². The maximum Gasteiger partial charge on any atom is 0.237 e. The van der Waals surface area contributed by atoms with E-state index in [0.29, 0.717) is 12.3 Å². The fraction of sp³-hybridized carbons (Fsp3) is 0.684. The average molecular weight is 331 g/mol. The molecule has 1 aliphatic heterocycles. The normalized spacial score (nSPS) is 45.3. The Morgan fingerprint density at radius 2 is 1.71 bits per heavy atom. The molecule has 5 heteroatoms. The molecule has 5 rings (SSSR count). The number of aliphatic hydroxyl groups excluding tert-OH is 1. The van der Waals surface area contributed by atoms with Crippen LogP contribution in [0.2, 0.25) is 0 Å². The number of nitrogens with zero attached hydrogens (tertiary/aromatic N) is 1. The van der Waals surface area contributed by atoms with Crippen LogP contribution in [0.1, 0.15) is 33.1 Å². The van der Waals surface area contributed by atoms with Gasteiger partial charge in [-0.2, -0.15) is 0 Å². The summed E-state index contributed by atoms with van der Waals surface area (Å²) in [5.74, 6) is -0.717. The second-order valence-electron chi connectivity index (χ2n) is 8.45. The Hall–Kier alpha value is -1.46. The summed E-state index contributed by atoms with van der Waals surface area (Å²) in [5.41, 5.74) is -1.20. The Morgan fingerprint density at radius 1 is 1.12 bits per heavy atom. The number of carbonyl (C=O) groups excluding carboxylic acids is 2. The Balaban J connectivity index is 1.50. The molecule has 0 aromatic rings. The van der Waals surface area contributed by atoms with E-state index in [2.05, 4.69) is 13.8 Å². The van der Waals surface area contributed by atoms with Gasteiger partial charge in [0.15, 0.2) is 0 Å². The van der Waals surface area contributed by atoms with Gasteiger partial charge < -0.3 is 10.2 Å². The van der Waals surface area contributed by atoms with Crippen LogP contribution in [0.25, 0.3) is 0 Å². The number of allylic oxidation sites excluding steroid dienone is 2. The Morgan fingerprint density at radius 3 is 2.25 bits per heavy atom. The summed E-state index contributed by atoms with van der Waals surface area (Å²) in [6.07, 6.45) is 8.13. The van der Waals surface area contributed by atoms with Gasteiger partial charge in [0, 0.05) is 6.54 Å². The van der Waals surface area contributed by atoms with Crippen LogP contribution in [0.3, 0.4) is 0 Å². The molecular formula is C19H25NO4. The van der Waals surface area contributed by atoms with Gasteiger partial charge in [0.25, 0.3) is 0 Å². The molecule has 1 saturated heterocycles. The number of amides is 2. The van der Waals surface area contributed by atoms with Crippen LogP contribution >= 0.6 is 0 Å². The van der Waals surface area contributed by atoms with Crippen molar-refractivity contribution in [1.29, 1.82) is 0 Å². The van der Waals surface area contributed by atoms with Gasteiger partial charge in [-0.15, -0.1) is 0 Å². The number of likely N-dealkylation sites (tertiary alicyclic amines) is 1. The van der Waals surface area contributed by atoms with Gasteiger partial charge in [-0.1, -0.05) is 38.2 Å². The minimum absolute atomic E-state index is 0.00642. The molecule has 4 fully saturated rings. The molecule has 6 unspecified atom stereocenters. The first kappa shape index (κ1) is 16.0. The Kier molecular flexibility index (Phi) is 3.35. The Labute approximate surface area is 142 Å². The molecule has 5 nitrogen and oxygen atoms in total. The summed E-state index contributed by atoms with van der Waals surface area (Å²) in [4.78, 5) is 26.3. The maximum absolute atomic E-state index is 12.5. The van der Waals surface area contributed by atoms with Crippen LogP contribution in [0.5, 0.6) is 0 Å². The second kappa shape index (κ2) is 5.02. The molecule has 0 radical (unpaired) electrons. The smallest absolute Gasteiger partial charge is 0.237 e. The molecule has 2 N–H and O–H groups in total. The van der Waals surface area contributed by atoms with E-state index in [1.165, 1.54) is 4.90 Å². The van der Waals surface area contributed by atoms with E-state index in [0.717, 1.165) is 6.42 Å². The van der Waals surface area contributed by atoms with Crippen molar-refractivity contribution in [2.75, 3.05) is 6.54 Å². The van der Waals surface area contributed by atoms with Gasteiger partial charge in [-0.3, -0.25) is 14.5 Å². The van der Waals surface area contributed by atoms with Crippen molar-refractivity contribution in [1.82, 2.24) is 4.90 Å². The Bertz CT molecular complexity index is 622. The first-order valence-electron chi connectivity index (χ1n) is 8.87. The summed E-state index contributed by atoms with van der Waals surface area (Å²) in [6, 6.07) is 0. The van der Waals surface area contributed by atoms with Crippen molar-refractivity contribution >= 4 is 11.8 Å². The van der Waals surface area contributed by atoms with Crippen molar-refractivity contribution < 1.29 is 19.8 Å². The first-order chi connectivity index (χ1) is 11.3. The second-order valence-corrected chi connectivity index (χ2v) is 8.45. The van der Waals surface area contributed by atoms with E-state index < -0.39 is 23.5 Å². The van der Waals surface area contributed by atoms with Gasteiger partial charge in [0.05, 0.1) is 23.5 Å². The van der Waals surface area contributed by atoms with Gasteiger partial charge in [-0.25, -0.2) is 0 Å². The third-order valence-corrected chi connectivity index (χ3v) is 7.13. The molecule has 0 spiro atoms.